The molecule has 7 heteroatoms. The largest absolute Gasteiger partial charge is 0.497 e. The van der Waals surface area contributed by atoms with Crippen molar-refractivity contribution in [3.05, 3.63) is 89.5 Å². The first kappa shape index (κ1) is 24.4. The van der Waals surface area contributed by atoms with Gasteiger partial charge in [-0.1, -0.05) is 43.5 Å². The standard InChI is InChI=1S/C28H30FN3O3/c1-19-11-14-22(18-24(19)29)32(28(34)25-10-6-7-17-30-25)26(20-12-15-23(35-2)16-13-20)27(33)31-21-8-4-3-5-9-21/h6-7,10-18,21,26H,3-5,8-9H2,1-2H3,(H,31,33). The second-order valence-corrected chi connectivity index (χ2v) is 8.84. The lowest BCUT2D eigenvalue weighted by Gasteiger charge is -2.33. The molecular formula is C28H30FN3O3. The smallest absolute Gasteiger partial charge is 0.277 e. The Balaban J connectivity index is 1.82. The summed E-state index contributed by atoms with van der Waals surface area (Å²) in [5.41, 5.74) is 1.48. The second-order valence-electron chi connectivity index (χ2n) is 8.84. The zero-order chi connectivity index (χ0) is 24.8. The van der Waals surface area contributed by atoms with Crippen molar-refractivity contribution in [1.29, 1.82) is 0 Å². The Kier molecular flexibility index (Phi) is 7.75. The number of nitrogens with zero attached hydrogens (tertiary/aromatic N) is 2. The van der Waals surface area contributed by atoms with Gasteiger partial charge in [-0.25, -0.2) is 4.39 Å². The first-order chi connectivity index (χ1) is 17.0. The zero-order valence-electron chi connectivity index (χ0n) is 20.0. The number of nitrogens with one attached hydrogen (secondary N) is 1. The van der Waals surface area contributed by atoms with Gasteiger partial charge >= 0.3 is 0 Å². The predicted molar refractivity (Wildman–Crippen MR) is 133 cm³/mol. The Morgan fingerprint density at radius 2 is 1.80 bits per heavy atom. The number of rotatable bonds is 7. The molecule has 1 atom stereocenters. The highest BCUT2D eigenvalue weighted by atomic mass is 19.1. The van der Waals surface area contributed by atoms with Crippen LogP contribution in [0.25, 0.3) is 0 Å². The van der Waals surface area contributed by atoms with Gasteiger partial charge in [-0.3, -0.25) is 19.5 Å². The van der Waals surface area contributed by atoms with Crippen molar-refractivity contribution < 1.29 is 18.7 Å². The number of benzene rings is 2. The van der Waals surface area contributed by atoms with Crippen LogP contribution in [0.4, 0.5) is 10.1 Å². The summed E-state index contributed by atoms with van der Waals surface area (Å²) in [4.78, 5) is 33.2. The molecule has 182 valence electrons. The molecule has 1 fully saturated rings. The van der Waals surface area contributed by atoms with Crippen LogP contribution in [-0.4, -0.2) is 29.9 Å². The molecule has 6 nitrogen and oxygen atoms in total. The molecule has 0 bridgehead atoms. The zero-order valence-corrected chi connectivity index (χ0v) is 20.0. The summed E-state index contributed by atoms with van der Waals surface area (Å²) in [6.07, 6.45) is 6.57. The van der Waals surface area contributed by atoms with Crippen molar-refractivity contribution in [2.75, 3.05) is 12.0 Å². The summed E-state index contributed by atoms with van der Waals surface area (Å²) in [7, 11) is 1.56. The molecule has 0 aliphatic heterocycles. The highest BCUT2D eigenvalue weighted by molar-refractivity contribution is 6.09. The monoisotopic (exact) mass is 475 g/mol. The molecule has 35 heavy (non-hydrogen) atoms. The Bertz CT molecular complexity index is 1160. The molecule has 2 amide bonds. The molecule has 1 heterocycles. The Hall–Kier alpha value is -3.74. The quantitative estimate of drug-likeness (QED) is 0.498. The third kappa shape index (κ3) is 5.67. The van der Waals surface area contributed by atoms with E-state index >= 15 is 0 Å². The van der Waals surface area contributed by atoms with E-state index in [0.717, 1.165) is 32.1 Å². The van der Waals surface area contributed by atoms with E-state index in [1.54, 1.807) is 68.6 Å². The molecule has 2 aromatic carbocycles. The lowest BCUT2D eigenvalue weighted by molar-refractivity contribution is -0.123. The number of aromatic nitrogens is 1. The molecule has 1 saturated carbocycles. The van der Waals surface area contributed by atoms with Gasteiger partial charge < -0.3 is 10.1 Å². The minimum absolute atomic E-state index is 0.0403. The molecule has 1 aliphatic carbocycles. The summed E-state index contributed by atoms with van der Waals surface area (Å²) in [6.45, 7) is 1.65. The van der Waals surface area contributed by atoms with Crippen molar-refractivity contribution in [3.63, 3.8) is 0 Å². The highest BCUT2D eigenvalue weighted by Gasteiger charge is 2.35. The van der Waals surface area contributed by atoms with Gasteiger partial charge in [-0.2, -0.15) is 0 Å². The number of carbonyl (C=O) groups excluding carboxylic acids is 2. The highest BCUT2D eigenvalue weighted by Crippen LogP contribution is 2.32. The fourth-order valence-corrected chi connectivity index (χ4v) is 4.46. The Morgan fingerprint density at radius 1 is 1.06 bits per heavy atom. The van der Waals surface area contributed by atoms with Gasteiger partial charge in [0.1, 0.15) is 23.3 Å². The van der Waals surface area contributed by atoms with Crippen LogP contribution in [0.3, 0.4) is 0 Å². The number of aryl methyl sites for hydroxylation is 1. The molecule has 0 saturated heterocycles. The molecule has 0 radical (unpaired) electrons. The number of methoxy groups -OCH3 is 1. The van der Waals surface area contributed by atoms with E-state index in [1.807, 2.05) is 0 Å². The van der Waals surface area contributed by atoms with Crippen LogP contribution in [0.2, 0.25) is 0 Å². The number of pyridine rings is 1. The van der Waals surface area contributed by atoms with Crippen LogP contribution in [0.15, 0.2) is 66.9 Å². The van der Waals surface area contributed by atoms with Crippen molar-refractivity contribution in [2.45, 2.75) is 51.1 Å². The fraction of sp³-hybridized carbons (Fsp3) is 0.321. The molecule has 0 spiro atoms. The number of carbonyl (C=O) groups is 2. The Morgan fingerprint density at radius 3 is 2.43 bits per heavy atom. The average molecular weight is 476 g/mol. The van der Waals surface area contributed by atoms with Gasteiger partial charge in [0, 0.05) is 17.9 Å². The second kappa shape index (κ2) is 11.1. The third-order valence-corrected chi connectivity index (χ3v) is 6.43. The van der Waals surface area contributed by atoms with Crippen molar-refractivity contribution in [2.24, 2.45) is 0 Å². The Labute approximate surface area is 205 Å². The van der Waals surface area contributed by atoms with Crippen LogP contribution in [0.1, 0.15) is 59.8 Å². The predicted octanol–water partition coefficient (Wildman–Crippen LogP) is 5.37. The number of halogens is 1. The van der Waals surface area contributed by atoms with E-state index in [4.69, 9.17) is 4.74 Å². The number of hydrogen-bond donors (Lipinski definition) is 1. The molecule has 1 aliphatic rings. The SMILES string of the molecule is COc1ccc(C(C(=O)NC2CCCCC2)N(C(=O)c2ccccn2)c2ccc(C)c(F)c2)cc1. The van der Waals surface area contributed by atoms with Crippen molar-refractivity contribution >= 4 is 17.5 Å². The number of anilines is 1. The molecule has 1 N–H and O–H groups in total. The lowest BCUT2D eigenvalue weighted by atomic mass is 9.94. The minimum atomic E-state index is -1.03. The molecule has 4 rings (SSSR count). The van der Waals surface area contributed by atoms with E-state index in [9.17, 15) is 14.0 Å². The maximum absolute atomic E-state index is 14.7. The van der Waals surface area contributed by atoms with Crippen molar-refractivity contribution in [3.8, 4) is 5.75 Å². The topological polar surface area (TPSA) is 71.5 Å². The summed E-state index contributed by atoms with van der Waals surface area (Å²) in [5.74, 6) is -0.632. The van der Waals surface area contributed by atoms with E-state index in [0.29, 0.717) is 16.9 Å². The lowest BCUT2D eigenvalue weighted by Crippen LogP contribution is -2.47. The van der Waals surface area contributed by atoms with Gasteiger partial charge in [-0.05, 0) is 67.3 Å². The first-order valence-electron chi connectivity index (χ1n) is 11.9. The summed E-state index contributed by atoms with van der Waals surface area (Å²) in [5, 5.41) is 3.15. The summed E-state index contributed by atoms with van der Waals surface area (Å²) < 4.78 is 20.0. The molecule has 3 aromatic rings. The maximum Gasteiger partial charge on any atom is 0.277 e. The van der Waals surface area contributed by atoms with Gasteiger partial charge in [0.2, 0.25) is 5.91 Å². The third-order valence-electron chi connectivity index (χ3n) is 6.43. The van der Waals surface area contributed by atoms with E-state index in [2.05, 4.69) is 10.3 Å². The van der Waals surface area contributed by atoms with Crippen LogP contribution >= 0.6 is 0 Å². The molecule has 1 aromatic heterocycles. The van der Waals surface area contributed by atoms with Crippen LogP contribution in [-0.2, 0) is 4.79 Å². The van der Waals surface area contributed by atoms with Crippen LogP contribution in [0, 0.1) is 12.7 Å². The minimum Gasteiger partial charge on any atom is -0.497 e. The normalized spacial score (nSPS) is 14.7. The first-order valence-corrected chi connectivity index (χ1v) is 11.9. The molecule has 1 unspecified atom stereocenters. The van der Waals surface area contributed by atoms with Gasteiger partial charge in [-0.15, -0.1) is 0 Å². The number of hydrogen-bond acceptors (Lipinski definition) is 4. The number of amides is 2. The average Bonchev–Trinajstić information content (AvgIpc) is 2.89. The summed E-state index contributed by atoms with van der Waals surface area (Å²) >= 11 is 0. The number of ether oxygens (including phenoxy) is 1. The summed E-state index contributed by atoms with van der Waals surface area (Å²) in [6, 6.07) is 15.6. The fourth-order valence-electron chi connectivity index (χ4n) is 4.46. The maximum atomic E-state index is 14.7. The van der Waals surface area contributed by atoms with Crippen molar-refractivity contribution in [1.82, 2.24) is 10.3 Å². The van der Waals surface area contributed by atoms with Gasteiger partial charge in [0.15, 0.2) is 0 Å². The van der Waals surface area contributed by atoms with E-state index in [-0.39, 0.29) is 23.3 Å². The van der Waals surface area contributed by atoms with Gasteiger partial charge in [0.25, 0.3) is 5.91 Å². The van der Waals surface area contributed by atoms with E-state index in [1.165, 1.54) is 17.2 Å². The van der Waals surface area contributed by atoms with Gasteiger partial charge in [0.05, 0.1) is 7.11 Å². The van der Waals surface area contributed by atoms with Crippen LogP contribution < -0.4 is 15.0 Å². The van der Waals surface area contributed by atoms with Crippen LogP contribution in [0.5, 0.6) is 5.75 Å². The molecular weight excluding hydrogens is 445 g/mol. The van der Waals surface area contributed by atoms with E-state index < -0.39 is 17.8 Å².